The van der Waals surface area contributed by atoms with Crippen molar-refractivity contribution in [3.8, 4) is 0 Å². The van der Waals surface area contributed by atoms with E-state index in [9.17, 15) is 18.0 Å². The van der Waals surface area contributed by atoms with Gasteiger partial charge in [-0.15, -0.1) is 0 Å². The van der Waals surface area contributed by atoms with Crippen LogP contribution >= 0.6 is 0 Å². The summed E-state index contributed by atoms with van der Waals surface area (Å²) in [6, 6.07) is 8.33. The molecule has 1 aromatic heterocycles. The quantitative estimate of drug-likeness (QED) is 0.569. The molecule has 0 aliphatic carbocycles. The molecule has 1 unspecified atom stereocenters. The summed E-state index contributed by atoms with van der Waals surface area (Å²) in [4.78, 5) is 24.1. The van der Waals surface area contributed by atoms with Gasteiger partial charge in [0.05, 0.1) is 24.8 Å². The highest BCUT2D eigenvalue weighted by Crippen LogP contribution is 2.17. The van der Waals surface area contributed by atoms with Gasteiger partial charge in [0.2, 0.25) is 15.9 Å². The minimum atomic E-state index is -3.81. The summed E-state index contributed by atoms with van der Waals surface area (Å²) in [6.45, 7) is 3.83. The Morgan fingerprint density at radius 3 is 2.55 bits per heavy atom. The van der Waals surface area contributed by atoms with Gasteiger partial charge in [0, 0.05) is 5.69 Å². The Labute approximate surface area is 169 Å². The van der Waals surface area contributed by atoms with Crippen molar-refractivity contribution >= 4 is 27.7 Å². The molecule has 29 heavy (non-hydrogen) atoms. The molecule has 0 aliphatic heterocycles. The molecule has 1 aromatic carbocycles. The number of methoxy groups -OCH3 is 1. The Morgan fingerprint density at radius 2 is 1.93 bits per heavy atom. The van der Waals surface area contributed by atoms with E-state index in [1.807, 2.05) is 13.8 Å². The van der Waals surface area contributed by atoms with E-state index in [0.29, 0.717) is 12.2 Å². The average Bonchev–Trinajstić information content (AvgIpc) is 3.19. The molecule has 0 fully saturated rings. The normalized spacial score (nSPS) is 12.4. The lowest BCUT2D eigenvalue weighted by molar-refractivity contribution is -0.118. The first kappa shape index (κ1) is 22.4. The Hall–Kier alpha value is -2.85. The number of anilines is 1. The Balaban J connectivity index is 2.10. The predicted molar refractivity (Wildman–Crippen MR) is 107 cm³/mol. The first-order valence-corrected chi connectivity index (χ1v) is 10.5. The number of benzene rings is 1. The fraction of sp³-hybridized carbons (Fsp3) is 0.368. The molecule has 0 spiro atoms. The second kappa shape index (κ2) is 10.1. The van der Waals surface area contributed by atoms with E-state index in [0.717, 1.165) is 0 Å². The fourth-order valence-corrected chi connectivity index (χ4v) is 3.58. The van der Waals surface area contributed by atoms with E-state index in [4.69, 9.17) is 4.42 Å². The minimum absolute atomic E-state index is 0.00539. The lowest BCUT2D eigenvalue weighted by Crippen LogP contribution is -2.44. The van der Waals surface area contributed by atoms with Gasteiger partial charge in [-0.1, -0.05) is 19.9 Å². The van der Waals surface area contributed by atoms with Crippen LogP contribution in [0.4, 0.5) is 10.5 Å². The van der Waals surface area contributed by atoms with Gasteiger partial charge in [0.25, 0.3) is 0 Å². The molecule has 2 rings (SSSR count). The third kappa shape index (κ3) is 6.91. The smallest absolute Gasteiger partial charge is 0.407 e. The van der Waals surface area contributed by atoms with E-state index in [1.165, 1.54) is 31.6 Å². The van der Waals surface area contributed by atoms with Crippen molar-refractivity contribution in [3.05, 3.63) is 48.4 Å². The number of alkyl carbamates (subject to hydrolysis) is 1. The monoisotopic (exact) mass is 423 g/mol. The molecule has 158 valence electrons. The van der Waals surface area contributed by atoms with Crippen LogP contribution in [0.5, 0.6) is 0 Å². The van der Waals surface area contributed by atoms with E-state index in [1.54, 1.807) is 18.2 Å². The molecule has 1 heterocycles. The van der Waals surface area contributed by atoms with Crippen LogP contribution < -0.4 is 15.4 Å². The van der Waals surface area contributed by atoms with Crippen molar-refractivity contribution in [1.82, 2.24) is 10.0 Å². The zero-order valence-electron chi connectivity index (χ0n) is 16.5. The molecular formula is C19H25N3O6S. The van der Waals surface area contributed by atoms with Gasteiger partial charge in [-0.05, 0) is 42.7 Å². The maximum absolute atomic E-state index is 12.6. The molecule has 3 N–H and O–H groups in total. The number of hydrogen-bond donors (Lipinski definition) is 3. The van der Waals surface area contributed by atoms with E-state index in [2.05, 4.69) is 20.1 Å². The van der Waals surface area contributed by atoms with Gasteiger partial charge in [0.1, 0.15) is 11.8 Å². The number of ether oxygens (including phenoxy) is 1. The molecule has 10 heteroatoms. The molecule has 1 atom stereocenters. The lowest BCUT2D eigenvalue weighted by Gasteiger charge is -2.19. The van der Waals surface area contributed by atoms with Crippen LogP contribution in [0.2, 0.25) is 0 Å². The highest BCUT2D eigenvalue weighted by Gasteiger charge is 2.23. The Morgan fingerprint density at radius 1 is 1.17 bits per heavy atom. The highest BCUT2D eigenvalue weighted by atomic mass is 32.2. The Kier molecular flexibility index (Phi) is 7.80. The van der Waals surface area contributed by atoms with Crippen molar-refractivity contribution in [2.45, 2.75) is 37.8 Å². The van der Waals surface area contributed by atoms with Crippen LogP contribution in [0.3, 0.4) is 0 Å². The predicted octanol–water partition coefficient (Wildman–Crippen LogP) is 2.47. The van der Waals surface area contributed by atoms with Crippen molar-refractivity contribution in [3.63, 3.8) is 0 Å². The average molecular weight is 423 g/mol. The molecule has 9 nitrogen and oxygen atoms in total. The van der Waals surface area contributed by atoms with Crippen molar-refractivity contribution in [1.29, 1.82) is 0 Å². The van der Waals surface area contributed by atoms with Gasteiger partial charge >= 0.3 is 6.09 Å². The van der Waals surface area contributed by atoms with Crippen LogP contribution in [0.1, 0.15) is 26.0 Å². The van der Waals surface area contributed by atoms with Gasteiger partial charge in [0.15, 0.2) is 0 Å². The molecular weight excluding hydrogens is 398 g/mol. The molecule has 0 aliphatic rings. The molecule has 2 amide bonds. The number of hydrogen-bond acceptors (Lipinski definition) is 6. The summed E-state index contributed by atoms with van der Waals surface area (Å²) >= 11 is 0. The molecule has 0 radical (unpaired) electrons. The highest BCUT2D eigenvalue weighted by molar-refractivity contribution is 7.89. The topological polar surface area (TPSA) is 127 Å². The van der Waals surface area contributed by atoms with Crippen LogP contribution in [0, 0.1) is 5.92 Å². The van der Waals surface area contributed by atoms with E-state index >= 15 is 0 Å². The minimum Gasteiger partial charge on any atom is -0.468 e. The van der Waals surface area contributed by atoms with Crippen LogP contribution in [0.25, 0.3) is 0 Å². The number of carbonyl (C=O) groups is 2. The van der Waals surface area contributed by atoms with Gasteiger partial charge in [-0.25, -0.2) is 17.9 Å². The van der Waals surface area contributed by atoms with Crippen molar-refractivity contribution < 1.29 is 27.2 Å². The van der Waals surface area contributed by atoms with E-state index < -0.39 is 28.1 Å². The molecule has 0 saturated heterocycles. The Bertz CT molecular complexity index is 925. The summed E-state index contributed by atoms with van der Waals surface area (Å²) < 4.78 is 37.1. The van der Waals surface area contributed by atoms with Crippen molar-refractivity contribution in [2.24, 2.45) is 5.92 Å². The summed E-state index contributed by atoms with van der Waals surface area (Å²) in [7, 11) is -2.60. The molecule has 0 bridgehead atoms. The molecule has 0 saturated carbocycles. The fourth-order valence-electron chi connectivity index (χ4n) is 2.54. The van der Waals surface area contributed by atoms with Crippen LogP contribution in [-0.2, 0) is 26.1 Å². The second-order valence-corrected chi connectivity index (χ2v) is 8.51. The third-order valence-corrected chi connectivity index (χ3v) is 5.33. The first-order valence-electron chi connectivity index (χ1n) is 8.98. The molecule has 2 aromatic rings. The lowest BCUT2D eigenvalue weighted by atomic mass is 10.0. The standard InChI is InChI=1S/C19H25N3O6S/c1-13(2)10-17(22-19(24)27-3)18(23)21-14-6-4-8-16(11-14)29(25,26)20-12-15-7-5-9-28-15/h4-9,11,13,17,20H,10,12H2,1-3H3,(H,21,23)(H,22,24). The SMILES string of the molecule is COC(=O)NC(CC(C)C)C(=O)Nc1cccc(S(=O)(=O)NCc2ccco2)c1. The third-order valence-electron chi connectivity index (χ3n) is 3.93. The van der Waals surface area contributed by atoms with Crippen LogP contribution in [-0.4, -0.2) is 33.6 Å². The number of sulfonamides is 1. The van der Waals surface area contributed by atoms with Crippen LogP contribution in [0.15, 0.2) is 52.0 Å². The zero-order valence-corrected chi connectivity index (χ0v) is 17.3. The largest absolute Gasteiger partial charge is 0.468 e. The summed E-state index contributed by atoms with van der Waals surface area (Å²) in [5.41, 5.74) is 0.288. The maximum Gasteiger partial charge on any atom is 0.407 e. The number of amides is 2. The summed E-state index contributed by atoms with van der Waals surface area (Å²) in [6.07, 6.45) is 1.13. The van der Waals surface area contributed by atoms with Gasteiger partial charge in [-0.2, -0.15) is 0 Å². The van der Waals surface area contributed by atoms with Gasteiger partial charge in [-0.3, -0.25) is 4.79 Å². The summed E-state index contributed by atoms with van der Waals surface area (Å²) in [5, 5.41) is 5.12. The number of furan rings is 1. The van der Waals surface area contributed by atoms with E-state index in [-0.39, 0.29) is 23.0 Å². The number of rotatable bonds is 9. The maximum atomic E-state index is 12.6. The van der Waals surface area contributed by atoms with Gasteiger partial charge < -0.3 is 19.8 Å². The number of nitrogens with one attached hydrogen (secondary N) is 3. The zero-order chi connectivity index (χ0) is 21.4. The summed E-state index contributed by atoms with van der Waals surface area (Å²) in [5.74, 6) is 0.144. The van der Waals surface area contributed by atoms with Crippen molar-refractivity contribution in [2.75, 3.05) is 12.4 Å². The second-order valence-electron chi connectivity index (χ2n) is 6.74. The number of carbonyl (C=O) groups excluding carboxylic acids is 2. The first-order chi connectivity index (χ1) is 13.7.